The van der Waals surface area contributed by atoms with Gasteiger partial charge in [0.2, 0.25) is 0 Å². The highest BCUT2D eigenvalue weighted by Crippen LogP contribution is 2.20. The highest BCUT2D eigenvalue weighted by molar-refractivity contribution is 5.98. The molecule has 0 spiro atoms. The lowest BCUT2D eigenvalue weighted by Crippen LogP contribution is -2.01. The number of hydrogen-bond acceptors (Lipinski definition) is 4. The first-order chi connectivity index (χ1) is 7.22. The first-order valence-corrected chi connectivity index (χ1v) is 4.45. The van der Waals surface area contributed by atoms with Crippen molar-refractivity contribution in [2.24, 2.45) is 0 Å². The monoisotopic (exact) mass is 202 g/mol. The molecule has 4 nitrogen and oxygen atoms in total. The summed E-state index contributed by atoms with van der Waals surface area (Å²) in [6, 6.07) is 6.98. The van der Waals surface area contributed by atoms with E-state index in [2.05, 4.69) is 9.72 Å². The molecule has 0 saturated carbocycles. The second-order valence-corrected chi connectivity index (χ2v) is 3.12. The number of pyridine rings is 1. The van der Waals surface area contributed by atoms with Crippen molar-refractivity contribution in [1.82, 2.24) is 4.98 Å². The van der Waals surface area contributed by atoms with Crippen LogP contribution in [0.4, 0.5) is 5.82 Å². The fraction of sp³-hybridized carbons (Fsp3) is 0.0909. The van der Waals surface area contributed by atoms with Gasteiger partial charge in [0.25, 0.3) is 0 Å². The number of carbonyl (C=O) groups is 1. The highest BCUT2D eigenvalue weighted by Gasteiger charge is 2.06. The minimum atomic E-state index is -0.354. The van der Waals surface area contributed by atoms with Crippen LogP contribution in [0.2, 0.25) is 0 Å². The summed E-state index contributed by atoms with van der Waals surface area (Å²) in [5.41, 5.74) is 6.20. The molecule has 0 unspecified atom stereocenters. The average Bonchev–Trinajstić information content (AvgIpc) is 2.28. The summed E-state index contributed by atoms with van der Waals surface area (Å²) in [6.07, 6.45) is 1.61. The van der Waals surface area contributed by atoms with Gasteiger partial charge in [-0.05, 0) is 29.7 Å². The summed E-state index contributed by atoms with van der Waals surface area (Å²) in [5, 5.41) is 1.72. The molecule has 0 aliphatic rings. The molecule has 0 saturated heterocycles. The molecule has 1 aromatic heterocycles. The van der Waals surface area contributed by atoms with Crippen LogP contribution in [0, 0.1) is 0 Å². The van der Waals surface area contributed by atoms with Crippen molar-refractivity contribution in [2.75, 3.05) is 12.8 Å². The summed E-state index contributed by atoms with van der Waals surface area (Å²) < 4.78 is 4.63. The second-order valence-electron chi connectivity index (χ2n) is 3.12. The molecule has 2 N–H and O–H groups in total. The Hall–Kier alpha value is -2.10. The van der Waals surface area contributed by atoms with Crippen molar-refractivity contribution in [2.45, 2.75) is 0 Å². The number of nitrogens with zero attached hydrogens (tertiary/aromatic N) is 1. The van der Waals surface area contributed by atoms with Gasteiger partial charge in [0.1, 0.15) is 5.82 Å². The van der Waals surface area contributed by atoms with E-state index in [1.807, 2.05) is 0 Å². The normalized spacial score (nSPS) is 10.2. The van der Waals surface area contributed by atoms with Gasteiger partial charge in [-0.1, -0.05) is 0 Å². The lowest BCUT2D eigenvalue weighted by atomic mass is 10.1. The molecule has 2 rings (SSSR count). The van der Waals surface area contributed by atoms with Crippen LogP contribution in [0.3, 0.4) is 0 Å². The average molecular weight is 202 g/mol. The molecule has 1 aromatic carbocycles. The quantitative estimate of drug-likeness (QED) is 0.713. The molecule has 4 heteroatoms. The standard InChI is InChI=1S/C11H10N2O2/c1-15-11(14)8-2-3-9-7(6-8)4-5-13-10(9)12/h2-6H,1H3,(H2,12,13). The fourth-order valence-corrected chi connectivity index (χ4v) is 1.45. The largest absolute Gasteiger partial charge is 0.465 e. The number of aromatic nitrogens is 1. The summed E-state index contributed by atoms with van der Waals surface area (Å²) >= 11 is 0. The Labute approximate surface area is 86.7 Å². The zero-order chi connectivity index (χ0) is 10.8. The van der Waals surface area contributed by atoms with Crippen molar-refractivity contribution in [3.05, 3.63) is 36.0 Å². The Kier molecular flexibility index (Phi) is 2.25. The molecule has 0 bridgehead atoms. The summed E-state index contributed by atoms with van der Waals surface area (Å²) in [7, 11) is 1.35. The predicted octanol–water partition coefficient (Wildman–Crippen LogP) is 1.60. The highest BCUT2D eigenvalue weighted by atomic mass is 16.5. The number of benzene rings is 1. The van der Waals surface area contributed by atoms with E-state index in [0.717, 1.165) is 10.8 Å². The van der Waals surface area contributed by atoms with Crippen molar-refractivity contribution < 1.29 is 9.53 Å². The van der Waals surface area contributed by atoms with Crippen molar-refractivity contribution in [3.63, 3.8) is 0 Å². The summed E-state index contributed by atoms with van der Waals surface area (Å²) in [6.45, 7) is 0. The Morgan fingerprint density at radius 3 is 2.93 bits per heavy atom. The maximum absolute atomic E-state index is 11.3. The SMILES string of the molecule is COC(=O)c1ccc2c(N)nccc2c1. The topological polar surface area (TPSA) is 65.2 Å². The lowest BCUT2D eigenvalue weighted by molar-refractivity contribution is 0.0601. The number of carbonyl (C=O) groups excluding carboxylic acids is 1. The van der Waals surface area contributed by atoms with Crippen molar-refractivity contribution >= 4 is 22.6 Å². The Bertz CT molecular complexity index is 523. The third-order valence-corrected chi connectivity index (χ3v) is 2.22. The van der Waals surface area contributed by atoms with E-state index in [4.69, 9.17) is 5.73 Å². The zero-order valence-corrected chi connectivity index (χ0v) is 8.23. The molecule has 0 amide bonds. The van der Waals surface area contributed by atoms with E-state index in [1.165, 1.54) is 7.11 Å². The van der Waals surface area contributed by atoms with Crippen LogP contribution in [0.1, 0.15) is 10.4 Å². The first-order valence-electron chi connectivity index (χ1n) is 4.45. The third kappa shape index (κ3) is 1.61. The molecule has 2 aromatic rings. The van der Waals surface area contributed by atoms with Gasteiger partial charge in [-0.15, -0.1) is 0 Å². The Morgan fingerprint density at radius 2 is 2.20 bits per heavy atom. The minimum Gasteiger partial charge on any atom is -0.465 e. The van der Waals surface area contributed by atoms with E-state index in [1.54, 1.807) is 30.5 Å². The molecule has 0 aliphatic carbocycles. The number of methoxy groups -OCH3 is 1. The van der Waals surface area contributed by atoms with E-state index in [9.17, 15) is 4.79 Å². The number of rotatable bonds is 1. The molecule has 0 fully saturated rings. The van der Waals surface area contributed by atoms with Crippen LogP contribution in [-0.4, -0.2) is 18.1 Å². The van der Waals surface area contributed by atoms with E-state index >= 15 is 0 Å². The number of esters is 1. The fourth-order valence-electron chi connectivity index (χ4n) is 1.45. The Morgan fingerprint density at radius 1 is 1.40 bits per heavy atom. The molecule has 0 aliphatic heterocycles. The molecule has 0 radical (unpaired) electrons. The van der Waals surface area contributed by atoms with Gasteiger partial charge < -0.3 is 10.5 Å². The number of nitrogen functional groups attached to an aromatic ring is 1. The molecule has 15 heavy (non-hydrogen) atoms. The Balaban J connectivity index is 2.62. The van der Waals surface area contributed by atoms with Crippen LogP contribution >= 0.6 is 0 Å². The maximum atomic E-state index is 11.3. The maximum Gasteiger partial charge on any atom is 0.337 e. The van der Waals surface area contributed by atoms with Crippen molar-refractivity contribution in [3.8, 4) is 0 Å². The number of hydrogen-bond donors (Lipinski definition) is 1. The van der Waals surface area contributed by atoms with Crippen molar-refractivity contribution in [1.29, 1.82) is 0 Å². The molecular weight excluding hydrogens is 192 g/mol. The molecular formula is C11H10N2O2. The number of nitrogens with two attached hydrogens (primary N) is 1. The first kappa shape index (κ1) is 9.45. The second kappa shape index (κ2) is 3.57. The van der Waals surface area contributed by atoms with Gasteiger partial charge in [0.15, 0.2) is 0 Å². The minimum absolute atomic E-state index is 0.354. The zero-order valence-electron chi connectivity index (χ0n) is 8.23. The molecule has 76 valence electrons. The number of ether oxygens (including phenoxy) is 1. The number of anilines is 1. The van der Waals surface area contributed by atoms with Gasteiger partial charge in [-0.25, -0.2) is 9.78 Å². The smallest absolute Gasteiger partial charge is 0.337 e. The number of fused-ring (bicyclic) bond motifs is 1. The van der Waals surface area contributed by atoms with E-state index < -0.39 is 0 Å². The van der Waals surface area contributed by atoms with Crippen LogP contribution in [0.15, 0.2) is 30.5 Å². The van der Waals surface area contributed by atoms with Gasteiger partial charge >= 0.3 is 5.97 Å². The van der Waals surface area contributed by atoms with Crippen LogP contribution in [0.5, 0.6) is 0 Å². The molecule has 1 heterocycles. The van der Waals surface area contributed by atoms with Crippen LogP contribution in [-0.2, 0) is 4.74 Å². The molecule has 0 atom stereocenters. The summed E-state index contributed by atoms with van der Waals surface area (Å²) in [4.78, 5) is 15.2. The summed E-state index contributed by atoms with van der Waals surface area (Å²) in [5.74, 6) is 0.108. The van der Waals surface area contributed by atoms with Gasteiger partial charge in [0, 0.05) is 11.6 Å². The van der Waals surface area contributed by atoms with Crippen LogP contribution < -0.4 is 5.73 Å². The predicted molar refractivity (Wildman–Crippen MR) is 57.5 cm³/mol. The third-order valence-electron chi connectivity index (χ3n) is 2.22. The van der Waals surface area contributed by atoms with Gasteiger partial charge in [-0.2, -0.15) is 0 Å². The lowest BCUT2D eigenvalue weighted by Gasteiger charge is -2.03. The van der Waals surface area contributed by atoms with E-state index in [0.29, 0.717) is 11.4 Å². The van der Waals surface area contributed by atoms with Crippen LogP contribution in [0.25, 0.3) is 10.8 Å². The van der Waals surface area contributed by atoms with E-state index in [-0.39, 0.29) is 5.97 Å². The van der Waals surface area contributed by atoms with Gasteiger partial charge in [0.05, 0.1) is 12.7 Å². The van der Waals surface area contributed by atoms with Gasteiger partial charge in [-0.3, -0.25) is 0 Å².